The minimum Gasteiger partial charge on any atom is -0.480 e. The van der Waals surface area contributed by atoms with Crippen molar-refractivity contribution in [2.24, 2.45) is 5.41 Å². The molecule has 8 nitrogen and oxygen atoms in total. The van der Waals surface area contributed by atoms with E-state index in [0.29, 0.717) is 22.3 Å². The van der Waals surface area contributed by atoms with Crippen molar-refractivity contribution in [1.29, 1.82) is 0 Å². The standard InChI is InChI=1S/C14H10O4.C14H12O4/c15-13(16)11-7-3-1-5-9(11)10-6-2-4-8-12(10)14(17)18;15-12(16)14(13(17)18)9-5-4-8-11(14)10-6-2-1-3-7-10/h1-8H,(H,15,16)(H,17,18);1-8H,9H2,(H,15,16)(H,17,18). The molecule has 1 aliphatic carbocycles. The van der Waals surface area contributed by atoms with Crippen LogP contribution < -0.4 is 0 Å². The summed E-state index contributed by atoms with van der Waals surface area (Å²) in [5.74, 6) is -4.83. The van der Waals surface area contributed by atoms with Gasteiger partial charge in [0.1, 0.15) is 0 Å². The third kappa shape index (κ3) is 5.07. The lowest BCUT2D eigenvalue weighted by Gasteiger charge is -2.28. The van der Waals surface area contributed by atoms with Crippen LogP contribution in [0.15, 0.2) is 97.1 Å². The van der Waals surface area contributed by atoms with Gasteiger partial charge in [0, 0.05) is 0 Å². The van der Waals surface area contributed by atoms with Gasteiger partial charge < -0.3 is 20.4 Å². The molecule has 3 aromatic carbocycles. The van der Waals surface area contributed by atoms with Crippen molar-refractivity contribution >= 4 is 29.5 Å². The first-order chi connectivity index (χ1) is 17.2. The Morgan fingerprint density at radius 3 is 1.50 bits per heavy atom. The van der Waals surface area contributed by atoms with Gasteiger partial charge in [-0.15, -0.1) is 0 Å². The van der Waals surface area contributed by atoms with Crippen LogP contribution in [0.25, 0.3) is 16.7 Å². The van der Waals surface area contributed by atoms with Crippen LogP contribution >= 0.6 is 0 Å². The minimum atomic E-state index is -1.89. The topological polar surface area (TPSA) is 149 Å². The molecule has 0 radical (unpaired) electrons. The SMILES string of the molecule is O=C(O)C1(C(=O)O)CC=CC=C1c1ccccc1.O=C(O)c1ccccc1-c1ccccc1C(=O)O. The Morgan fingerprint density at radius 2 is 1.06 bits per heavy atom. The number of rotatable bonds is 6. The molecule has 0 fully saturated rings. The normalized spacial score (nSPS) is 13.5. The van der Waals surface area contributed by atoms with E-state index in [1.807, 2.05) is 0 Å². The van der Waals surface area contributed by atoms with Crippen molar-refractivity contribution in [3.63, 3.8) is 0 Å². The summed E-state index contributed by atoms with van der Waals surface area (Å²) in [6.07, 6.45) is 4.76. The van der Waals surface area contributed by atoms with Crippen molar-refractivity contribution in [2.75, 3.05) is 0 Å². The molecule has 0 amide bonds. The Hall–Kier alpha value is -4.98. The van der Waals surface area contributed by atoms with Crippen LogP contribution in [0.3, 0.4) is 0 Å². The first kappa shape index (κ1) is 25.6. The second-order valence-corrected chi connectivity index (χ2v) is 7.80. The predicted octanol–water partition coefficient (Wildman–Crippen LogP) is 4.94. The maximum absolute atomic E-state index is 11.4. The van der Waals surface area contributed by atoms with Gasteiger partial charge in [0.15, 0.2) is 5.41 Å². The average Bonchev–Trinajstić information content (AvgIpc) is 2.89. The molecule has 0 aromatic heterocycles. The van der Waals surface area contributed by atoms with E-state index in [9.17, 15) is 29.4 Å². The number of aliphatic carboxylic acids is 2. The van der Waals surface area contributed by atoms with Crippen molar-refractivity contribution in [1.82, 2.24) is 0 Å². The van der Waals surface area contributed by atoms with E-state index in [2.05, 4.69) is 0 Å². The molecule has 4 N–H and O–H groups in total. The monoisotopic (exact) mass is 486 g/mol. The van der Waals surface area contributed by atoms with Crippen LogP contribution in [0.5, 0.6) is 0 Å². The summed E-state index contributed by atoms with van der Waals surface area (Å²) in [5, 5.41) is 36.9. The van der Waals surface area contributed by atoms with Gasteiger partial charge in [-0.25, -0.2) is 9.59 Å². The zero-order valence-corrected chi connectivity index (χ0v) is 18.9. The van der Waals surface area contributed by atoms with Crippen molar-refractivity contribution < 1.29 is 39.6 Å². The van der Waals surface area contributed by atoms with Gasteiger partial charge in [0.2, 0.25) is 0 Å². The van der Waals surface area contributed by atoms with Crippen LogP contribution in [0.4, 0.5) is 0 Å². The van der Waals surface area contributed by atoms with E-state index >= 15 is 0 Å². The quantitative estimate of drug-likeness (QED) is 0.358. The van der Waals surface area contributed by atoms with E-state index in [0.717, 1.165) is 0 Å². The second-order valence-electron chi connectivity index (χ2n) is 7.80. The molecule has 8 heteroatoms. The molecule has 0 heterocycles. The fourth-order valence-corrected chi connectivity index (χ4v) is 3.93. The van der Waals surface area contributed by atoms with Crippen LogP contribution in [-0.4, -0.2) is 44.3 Å². The van der Waals surface area contributed by atoms with Crippen LogP contribution in [0.2, 0.25) is 0 Å². The van der Waals surface area contributed by atoms with Gasteiger partial charge >= 0.3 is 23.9 Å². The van der Waals surface area contributed by atoms with Crippen molar-refractivity contribution in [3.8, 4) is 11.1 Å². The molecule has 4 rings (SSSR count). The van der Waals surface area contributed by atoms with Gasteiger partial charge in [0.25, 0.3) is 0 Å². The molecule has 3 aromatic rings. The number of carbonyl (C=O) groups is 4. The molecule has 0 aliphatic heterocycles. The molecule has 36 heavy (non-hydrogen) atoms. The highest BCUT2D eigenvalue weighted by Crippen LogP contribution is 2.41. The molecule has 0 unspecified atom stereocenters. The number of benzene rings is 3. The van der Waals surface area contributed by atoms with Crippen molar-refractivity contribution in [2.45, 2.75) is 6.42 Å². The first-order valence-electron chi connectivity index (χ1n) is 10.7. The van der Waals surface area contributed by atoms with E-state index in [1.165, 1.54) is 12.1 Å². The van der Waals surface area contributed by atoms with Gasteiger partial charge in [-0.3, -0.25) is 9.59 Å². The van der Waals surface area contributed by atoms with Gasteiger partial charge in [0.05, 0.1) is 11.1 Å². The molecule has 0 saturated carbocycles. The molecule has 0 atom stereocenters. The lowest BCUT2D eigenvalue weighted by atomic mass is 9.72. The lowest BCUT2D eigenvalue weighted by Crippen LogP contribution is -2.40. The number of carboxylic acid groups (broad SMARTS) is 4. The summed E-state index contributed by atoms with van der Waals surface area (Å²) in [5.41, 5.74) is 0.0245. The Morgan fingerprint density at radius 1 is 0.611 bits per heavy atom. The third-order valence-corrected chi connectivity index (χ3v) is 5.70. The highest BCUT2D eigenvalue weighted by molar-refractivity contribution is 6.11. The Kier molecular flexibility index (Phi) is 7.81. The first-order valence-corrected chi connectivity index (χ1v) is 10.7. The zero-order valence-electron chi connectivity index (χ0n) is 18.9. The van der Waals surface area contributed by atoms with Crippen molar-refractivity contribution in [3.05, 3.63) is 114 Å². The molecule has 0 saturated heterocycles. The summed E-state index contributed by atoms with van der Waals surface area (Å²) in [4.78, 5) is 45.1. The van der Waals surface area contributed by atoms with E-state index < -0.39 is 29.3 Å². The van der Waals surface area contributed by atoms with Crippen LogP contribution in [0.1, 0.15) is 32.7 Å². The molecule has 182 valence electrons. The third-order valence-electron chi connectivity index (χ3n) is 5.70. The van der Waals surface area contributed by atoms with E-state index in [1.54, 1.807) is 85.0 Å². The van der Waals surface area contributed by atoms with Crippen LogP contribution in [0, 0.1) is 5.41 Å². The molecule has 0 bridgehead atoms. The number of carboxylic acids is 4. The maximum atomic E-state index is 11.4. The summed E-state index contributed by atoms with van der Waals surface area (Å²) in [6, 6.07) is 21.4. The minimum absolute atomic E-state index is 0.0433. The smallest absolute Gasteiger partial charge is 0.336 e. The van der Waals surface area contributed by atoms with E-state index in [4.69, 9.17) is 10.2 Å². The number of hydrogen-bond donors (Lipinski definition) is 4. The Bertz CT molecular complexity index is 1300. The van der Waals surface area contributed by atoms with Gasteiger partial charge in [-0.05, 0) is 40.8 Å². The summed E-state index contributed by atoms with van der Waals surface area (Å²) in [7, 11) is 0. The fraction of sp³-hybridized carbons (Fsp3) is 0.0714. The summed E-state index contributed by atoms with van der Waals surface area (Å²) < 4.78 is 0. The maximum Gasteiger partial charge on any atom is 0.336 e. The fourth-order valence-electron chi connectivity index (χ4n) is 3.93. The zero-order chi connectivity index (χ0) is 26.3. The number of hydrogen-bond acceptors (Lipinski definition) is 4. The Balaban J connectivity index is 0.000000201. The predicted molar refractivity (Wildman–Crippen MR) is 132 cm³/mol. The summed E-state index contributed by atoms with van der Waals surface area (Å²) in [6.45, 7) is 0. The van der Waals surface area contributed by atoms with Gasteiger partial charge in [-0.1, -0.05) is 85.0 Å². The average molecular weight is 486 g/mol. The Labute approximate surface area is 206 Å². The molecular formula is C28H22O8. The molecule has 0 spiro atoms. The number of allylic oxidation sites excluding steroid dienone is 3. The summed E-state index contributed by atoms with van der Waals surface area (Å²) >= 11 is 0. The largest absolute Gasteiger partial charge is 0.480 e. The molecule has 1 aliphatic rings. The van der Waals surface area contributed by atoms with Crippen LogP contribution in [-0.2, 0) is 9.59 Å². The number of aromatic carboxylic acids is 2. The lowest BCUT2D eigenvalue weighted by molar-refractivity contribution is -0.159. The second kappa shape index (κ2) is 11.0. The molecular weight excluding hydrogens is 464 g/mol. The van der Waals surface area contributed by atoms with Gasteiger partial charge in [-0.2, -0.15) is 0 Å². The highest BCUT2D eigenvalue weighted by atomic mass is 16.4. The highest BCUT2D eigenvalue weighted by Gasteiger charge is 2.50. The van der Waals surface area contributed by atoms with E-state index in [-0.39, 0.29) is 17.5 Å².